The first-order chi connectivity index (χ1) is 10.3. The standard InChI is InChI=1S/C17H25ClN2O/c18-16-5-1-4-15(14-16)17-6-2-8-20(17)10-9-19-7-3-12-21-13-11-19/h1,4-5,14,17H,2-3,6-13H2. The Kier molecular flexibility index (Phi) is 5.53. The molecular weight excluding hydrogens is 284 g/mol. The predicted octanol–water partition coefficient (Wildman–Crippen LogP) is 3.20. The molecule has 2 heterocycles. The van der Waals surface area contributed by atoms with E-state index in [9.17, 15) is 0 Å². The average molecular weight is 309 g/mol. The molecule has 0 radical (unpaired) electrons. The molecule has 21 heavy (non-hydrogen) atoms. The Morgan fingerprint density at radius 1 is 1.10 bits per heavy atom. The third-order valence-electron chi connectivity index (χ3n) is 4.62. The van der Waals surface area contributed by atoms with E-state index in [1.165, 1.54) is 31.5 Å². The van der Waals surface area contributed by atoms with Crippen molar-refractivity contribution in [2.45, 2.75) is 25.3 Å². The van der Waals surface area contributed by atoms with Gasteiger partial charge in [-0.1, -0.05) is 23.7 Å². The van der Waals surface area contributed by atoms with Crippen LogP contribution in [0, 0.1) is 0 Å². The fraction of sp³-hybridized carbons (Fsp3) is 0.647. The lowest BCUT2D eigenvalue weighted by Gasteiger charge is -2.28. The van der Waals surface area contributed by atoms with Crippen LogP contribution in [0.25, 0.3) is 0 Å². The fourth-order valence-corrected chi connectivity index (χ4v) is 3.68. The van der Waals surface area contributed by atoms with Crippen molar-refractivity contribution < 1.29 is 4.74 Å². The molecule has 1 aromatic rings. The minimum absolute atomic E-state index is 0.548. The molecular formula is C17H25ClN2O. The monoisotopic (exact) mass is 308 g/mol. The third kappa shape index (κ3) is 4.19. The van der Waals surface area contributed by atoms with Gasteiger partial charge in [-0.25, -0.2) is 0 Å². The second-order valence-electron chi connectivity index (χ2n) is 6.06. The minimum atomic E-state index is 0.548. The molecule has 1 unspecified atom stereocenters. The Balaban J connectivity index is 1.56. The SMILES string of the molecule is Clc1cccc(C2CCCN2CCN2CCCOCC2)c1. The van der Waals surface area contributed by atoms with E-state index in [1.54, 1.807) is 0 Å². The summed E-state index contributed by atoms with van der Waals surface area (Å²) in [7, 11) is 0. The summed E-state index contributed by atoms with van der Waals surface area (Å²) in [5, 5.41) is 0.851. The highest BCUT2D eigenvalue weighted by atomic mass is 35.5. The van der Waals surface area contributed by atoms with Crippen molar-refractivity contribution in [3.05, 3.63) is 34.9 Å². The van der Waals surface area contributed by atoms with Crippen LogP contribution in [-0.2, 0) is 4.74 Å². The summed E-state index contributed by atoms with van der Waals surface area (Å²) in [4.78, 5) is 5.16. The molecule has 4 heteroatoms. The molecule has 2 saturated heterocycles. The zero-order valence-electron chi connectivity index (χ0n) is 12.6. The number of halogens is 1. The lowest BCUT2D eigenvalue weighted by Crippen LogP contribution is -2.36. The highest BCUT2D eigenvalue weighted by molar-refractivity contribution is 6.30. The van der Waals surface area contributed by atoms with Crippen LogP contribution in [0.1, 0.15) is 30.9 Å². The molecule has 2 aliphatic heterocycles. The quantitative estimate of drug-likeness (QED) is 0.849. The van der Waals surface area contributed by atoms with Crippen LogP contribution in [0.15, 0.2) is 24.3 Å². The summed E-state index contributed by atoms with van der Waals surface area (Å²) in [5.74, 6) is 0. The first kappa shape index (κ1) is 15.3. The Bertz CT molecular complexity index is 446. The highest BCUT2D eigenvalue weighted by Gasteiger charge is 2.26. The molecule has 0 N–H and O–H groups in total. The van der Waals surface area contributed by atoms with Gasteiger partial charge in [0.05, 0.1) is 6.61 Å². The molecule has 2 aliphatic rings. The van der Waals surface area contributed by atoms with Crippen molar-refractivity contribution in [2.75, 3.05) is 45.9 Å². The van der Waals surface area contributed by atoms with Crippen molar-refractivity contribution in [3.63, 3.8) is 0 Å². The van der Waals surface area contributed by atoms with E-state index < -0.39 is 0 Å². The Hall–Kier alpha value is -0.610. The van der Waals surface area contributed by atoms with E-state index in [-0.39, 0.29) is 0 Å². The topological polar surface area (TPSA) is 15.7 Å². The van der Waals surface area contributed by atoms with E-state index in [0.29, 0.717) is 6.04 Å². The van der Waals surface area contributed by atoms with Crippen molar-refractivity contribution in [2.24, 2.45) is 0 Å². The Morgan fingerprint density at radius 3 is 2.95 bits per heavy atom. The molecule has 0 spiro atoms. The van der Waals surface area contributed by atoms with Crippen LogP contribution in [0.4, 0.5) is 0 Å². The Morgan fingerprint density at radius 2 is 2.05 bits per heavy atom. The van der Waals surface area contributed by atoms with Gasteiger partial charge in [0, 0.05) is 43.9 Å². The van der Waals surface area contributed by atoms with Crippen molar-refractivity contribution in [1.82, 2.24) is 9.80 Å². The highest BCUT2D eigenvalue weighted by Crippen LogP contribution is 2.32. The van der Waals surface area contributed by atoms with Crippen LogP contribution in [0.5, 0.6) is 0 Å². The summed E-state index contributed by atoms with van der Waals surface area (Å²) >= 11 is 6.15. The van der Waals surface area contributed by atoms with E-state index in [2.05, 4.69) is 28.0 Å². The first-order valence-corrected chi connectivity index (χ1v) is 8.50. The van der Waals surface area contributed by atoms with Gasteiger partial charge in [-0.3, -0.25) is 9.80 Å². The number of ether oxygens (including phenoxy) is 1. The molecule has 0 saturated carbocycles. The maximum Gasteiger partial charge on any atom is 0.0593 e. The van der Waals surface area contributed by atoms with Crippen LogP contribution in [0.3, 0.4) is 0 Å². The van der Waals surface area contributed by atoms with E-state index in [1.807, 2.05) is 6.07 Å². The summed E-state index contributed by atoms with van der Waals surface area (Å²) in [6.45, 7) is 7.58. The summed E-state index contributed by atoms with van der Waals surface area (Å²) in [6, 6.07) is 8.92. The van der Waals surface area contributed by atoms with Gasteiger partial charge in [0.15, 0.2) is 0 Å². The second kappa shape index (κ2) is 7.59. The van der Waals surface area contributed by atoms with E-state index in [4.69, 9.17) is 16.3 Å². The van der Waals surface area contributed by atoms with Gasteiger partial charge in [0.1, 0.15) is 0 Å². The zero-order valence-corrected chi connectivity index (χ0v) is 13.4. The molecule has 116 valence electrons. The van der Waals surface area contributed by atoms with Crippen LogP contribution in [-0.4, -0.2) is 55.7 Å². The van der Waals surface area contributed by atoms with Gasteiger partial charge < -0.3 is 4.74 Å². The zero-order chi connectivity index (χ0) is 14.5. The van der Waals surface area contributed by atoms with Crippen LogP contribution < -0.4 is 0 Å². The number of likely N-dealkylation sites (tertiary alicyclic amines) is 1. The molecule has 0 aliphatic carbocycles. The molecule has 3 rings (SSSR count). The summed E-state index contributed by atoms with van der Waals surface area (Å²) in [6.07, 6.45) is 3.71. The van der Waals surface area contributed by atoms with Gasteiger partial charge >= 0.3 is 0 Å². The largest absolute Gasteiger partial charge is 0.380 e. The van der Waals surface area contributed by atoms with Gasteiger partial charge in [-0.15, -0.1) is 0 Å². The van der Waals surface area contributed by atoms with Gasteiger partial charge in [-0.2, -0.15) is 0 Å². The molecule has 1 aromatic carbocycles. The van der Waals surface area contributed by atoms with Crippen molar-refractivity contribution in [1.29, 1.82) is 0 Å². The number of benzene rings is 1. The number of hydrogen-bond acceptors (Lipinski definition) is 3. The second-order valence-corrected chi connectivity index (χ2v) is 6.49. The molecule has 2 fully saturated rings. The average Bonchev–Trinajstić information content (AvgIpc) is 2.80. The Labute approximate surface area is 132 Å². The lowest BCUT2D eigenvalue weighted by molar-refractivity contribution is 0.137. The minimum Gasteiger partial charge on any atom is -0.380 e. The van der Waals surface area contributed by atoms with Crippen LogP contribution >= 0.6 is 11.6 Å². The van der Waals surface area contributed by atoms with Gasteiger partial charge in [-0.05, 0) is 43.5 Å². The number of rotatable bonds is 4. The van der Waals surface area contributed by atoms with Gasteiger partial charge in [0.25, 0.3) is 0 Å². The maximum absolute atomic E-state index is 6.15. The summed E-state index contributed by atoms with van der Waals surface area (Å²) < 4.78 is 5.53. The molecule has 0 amide bonds. The molecule has 3 nitrogen and oxygen atoms in total. The first-order valence-electron chi connectivity index (χ1n) is 8.12. The van der Waals surface area contributed by atoms with E-state index in [0.717, 1.165) is 44.3 Å². The smallest absolute Gasteiger partial charge is 0.0593 e. The van der Waals surface area contributed by atoms with Gasteiger partial charge in [0.2, 0.25) is 0 Å². The van der Waals surface area contributed by atoms with E-state index >= 15 is 0 Å². The fourth-order valence-electron chi connectivity index (χ4n) is 3.48. The van der Waals surface area contributed by atoms with Crippen LogP contribution in [0.2, 0.25) is 5.02 Å². The summed E-state index contributed by atoms with van der Waals surface area (Å²) in [5.41, 5.74) is 1.37. The van der Waals surface area contributed by atoms with Crippen molar-refractivity contribution in [3.8, 4) is 0 Å². The lowest BCUT2D eigenvalue weighted by atomic mass is 10.0. The number of nitrogens with zero attached hydrogens (tertiary/aromatic N) is 2. The molecule has 0 aromatic heterocycles. The number of hydrogen-bond donors (Lipinski definition) is 0. The molecule has 0 bridgehead atoms. The third-order valence-corrected chi connectivity index (χ3v) is 4.85. The normalized spacial score (nSPS) is 25.1. The maximum atomic E-state index is 6.15. The molecule has 1 atom stereocenters. The predicted molar refractivity (Wildman–Crippen MR) is 86.9 cm³/mol. The van der Waals surface area contributed by atoms with Crippen molar-refractivity contribution >= 4 is 11.6 Å².